The Morgan fingerprint density at radius 2 is 1.69 bits per heavy atom. The molecular weight excluding hydrogens is 370 g/mol. The van der Waals surface area contributed by atoms with Gasteiger partial charge in [0.2, 0.25) is 17.7 Å². The summed E-state index contributed by atoms with van der Waals surface area (Å²) in [6.45, 7) is 3.89. The van der Waals surface area contributed by atoms with Gasteiger partial charge in [0.15, 0.2) is 0 Å². The molecule has 2 aromatic rings. The maximum atomic E-state index is 12.8. The molecule has 0 fully saturated rings. The standard InChI is InChI=1S/C22H29N3O4/c1-14(2)10-18(13-20(26)25-29)21(27)24-19(22(28)23-3)12-15-8-9-16-6-4-5-7-17(16)11-15/h4-9,11,14,18-19,29H,10,12-13H2,1-3H3,(H,23,28)(H,24,27)(H,25,26)/t18?,19-/m0/s1. The first kappa shape index (κ1) is 22.4. The van der Waals surface area contributed by atoms with E-state index < -0.39 is 17.9 Å². The summed E-state index contributed by atoms with van der Waals surface area (Å²) >= 11 is 0. The van der Waals surface area contributed by atoms with Crippen LogP contribution in [-0.2, 0) is 20.8 Å². The molecule has 2 aromatic carbocycles. The van der Waals surface area contributed by atoms with Gasteiger partial charge in [0.1, 0.15) is 6.04 Å². The van der Waals surface area contributed by atoms with Crippen LogP contribution in [0.25, 0.3) is 10.8 Å². The lowest BCUT2D eigenvalue weighted by molar-refractivity contribution is -0.136. The number of hydrogen-bond donors (Lipinski definition) is 4. The maximum Gasteiger partial charge on any atom is 0.244 e. The van der Waals surface area contributed by atoms with Crippen molar-refractivity contribution in [3.63, 3.8) is 0 Å². The quantitative estimate of drug-likeness (QED) is 0.383. The molecule has 1 unspecified atom stereocenters. The molecule has 0 aromatic heterocycles. The van der Waals surface area contributed by atoms with E-state index in [1.54, 1.807) is 5.48 Å². The number of carbonyl (C=O) groups is 3. The third kappa shape index (κ3) is 6.57. The van der Waals surface area contributed by atoms with E-state index in [2.05, 4.69) is 10.6 Å². The summed E-state index contributed by atoms with van der Waals surface area (Å²) in [6, 6.07) is 13.1. The van der Waals surface area contributed by atoms with E-state index in [9.17, 15) is 14.4 Å². The highest BCUT2D eigenvalue weighted by molar-refractivity contribution is 5.91. The largest absolute Gasteiger partial charge is 0.357 e. The summed E-state index contributed by atoms with van der Waals surface area (Å²) in [7, 11) is 1.52. The zero-order valence-electron chi connectivity index (χ0n) is 17.1. The lowest BCUT2D eigenvalue weighted by Crippen LogP contribution is -2.49. The van der Waals surface area contributed by atoms with Gasteiger partial charge >= 0.3 is 0 Å². The minimum absolute atomic E-state index is 0.142. The van der Waals surface area contributed by atoms with Crippen LogP contribution in [0.3, 0.4) is 0 Å². The van der Waals surface area contributed by atoms with E-state index in [-0.39, 0.29) is 24.2 Å². The maximum absolute atomic E-state index is 12.8. The SMILES string of the molecule is CNC(=O)[C@H](Cc1ccc2ccccc2c1)NC(=O)C(CC(=O)NO)CC(C)C. The van der Waals surface area contributed by atoms with Gasteiger partial charge in [-0.15, -0.1) is 0 Å². The van der Waals surface area contributed by atoms with Gasteiger partial charge in [-0.1, -0.05) is 56.3 Å². The molecule has 3 amide bonds. The van der Waals surface area contributed by atoms with Crippen molar-refractivity contribution in [1.29, 1.82) is 0 Å². The molecule has 0 bridgehead atoms. The molecule has 0 aliphatic rings. The number of hydrogen-bond acceptors (Lipinski definition) is 4. The van der Waals surface area contributed by atoms with Gasteiger partial charge in [-0.3, -0.25) is 19.6 Å². The van der Waals surface area contributed by atoms with Gasteiger partial charge in [-0.05, 0) is 28.7 Å². The van der Waals surface area contributed by atoms with Crippen LogP contribution in [-0.4, -0.2) is 36.0 Å². The average molecular weight is 399 g/mol. The normalized spacial score (nSPS) is 13.0. The fourth-order valence-corrected chi connectivity index (χ4v) is 3.40. The third-order valence-electron chi connectivity index (χ3n) is 4.82. The van der Waals surface area contributed by atoms with Crippen molar-refractivity contribution in [1.82, 2.24) is 16.1 Å². The number of hydroxylamine groups is 1. The predicted octanol–water partition coefficient (Wildman–Crippen LogP) is 2.17. The molecule has 29 heavy (non-hydrogen) atoms. The Hall–Kier alpha value is -2.93. The second kappa shape index (κ2) is 10.6. The van der Waals surface area contributed by atoms with Crippen LogP contribution in [0, 0.1) is 11.8 Å². The molecule has 0 radical (unpaired) electrons. The van der Waals surface area contributed by atoms with E-state index in [1.807, 2.05) is 56.3 Å². The monoisotopic (exact) mass is 399 g/mol. The van der Waals surface area contributed by atoms with Crippen molar-refractivity contribution in [2.24, 2.45) is 11.8 Å². The number of carbonyl (C=O) groups excluding carboxylic acids is 3. The van der Waals surface area contributed by atoms with Crippen molar-refractivity contribution in [2.75, 3.05) is 7.05 Å². The first-order chi connectivity index (χ1) is 13.8. The molecule has 4 N–H and O–H groups in total. The Balaban J connectivity index is 2.18. The molecule has 2 rings (SSSR count). The fourth-order valence-electron chi connectivity index (χ4n) is 3.40. The lowest BCUT2D eigenvalue weighted by Gasteiger charge is -2.23. The van der Waals surface area contributed by atoms with Crippen LogP contribution in [0.5, 0.6) is 0 Å². The Kier molecular flexibility index (Phi) is 8.15. The van der Waals surface area contributed by atoms with Crippen LogP contribution >= 0.6 is 0 Å². The van der Waals surface area contributed by atoms with Gasteiger partial charge in [0, 0.05) is 25.8 Å². The van der Waals surface area contributed by atoms with Gasteiger partial charge in [-0.25, -0.2) is 5.48 Å². The second-order valence-corrected chi connectivity index (χ2v) is 7.63. The minimum atomic E-state index is -0.763. The van der Waals surface area contributed by atoms with Crippen molar-refractivity contribution in [3.05, 3.63) is 48.0 Å². The summed E-state index contributed by atoms with van der Waals surface area (Å²) in [6.07, 6.45) is 0.656. The number of rotatable bonds is 9. The first-order valence-electron chi connectivity index (χ1n) is 9.76. The van der Waals surface area contributed by atoms with Crippen LogP contribution in [0.4, 0.5) is 0 Å². The summed E-state index contributed by atoms with van der Waals surface area (Å²) in [4.78, 5) is 36.8. The number of fused-ring (bicyclic) bond motifs is 1. The Morgan fingerprint density at radius 1 is 1.00 bits per heavy atom. The fraction of sp³-hybridized carbons (Fsp3) is 0.409. The zero-order chi connectivity index (χ0) is 21.4. The third-order valence-corrected chi connectivity index (χ3v) is 4.82. The van der Waals surface area contributed by atoms with Crippen molar-refractivity contribution in [3.8, 4) is 0 Å². The van der Waals surface area contributed by atoms with Crippen molar-refractivity contribution in [2.45, 2.75) is 39.2 Å². The summed E-state index contributed by atoms with van der Waals surface area (Å²) < 4.78 is 0. The Labute approximate surface area is 170 Å². The number of nitrogens with one attached hydrogen (secondary N) is 3. The summed E-state index contributed by atoms with van der Waals surface area (Å²) in [5.41, 5.74) is 2.49. The highest BCUT2D eigenvalue weighted by atomic mass is 16.5. The summed E-state index contributed by atoms with van der Waals surface area (Å²) in [5.74, 6) is -1.77. The van der Waals surface area contributed by atoms with Crippen molar-refractivity contribution < 1.29 is 19.6 Å². The van der Waals surface area contributed by atoms with Crippen LogP contribution < -0.4 is 16.1 Å². The highest BCUT2D eigenvalue weighted by Gasteiger charge is 2.27. The molecule has 0 saturated carbocycles. The number of benzene rings is 2. The predicted molar refractivity (Wildman–Crippen MR) is 111 cm³/mol. The highest BCUT2D eigenvalue weighted by Crippen LogP contribution is 2.19. The Bertz CT molecular complexity index is 866. The van der Waals surface area contributed by atoms with Crippen LogP contribution in [0.15, 0.2) is 42.5 Å². The van der Waals surface area contributed by atoms with Gasteiger partial charge in [0.05, 0.1) is 0 Å². The summed E-state index contributed by atoms with van der Waals surface area (Å²) in [5, 5.41) is 16.3. The van der Waals surface area contributed by atoms with Gasteiger partial charge in [0.25, 0.3) is 0 Å². The molecule has 0 aliphatic heterocycles. The molecule has 7 nitrogen and oxygen atoms in total. The lowest BCUT2D eigenvalue weighted by atomic mass is 9.92. The smallest absolute Gasteiger partial charge is 0.244 e. The topological polar surface area (TPSA) is 108 Å². The van der Waals surface area contributed by atoms with E-state index >= 15 is 0 Å². The second-order valence-electron chi connectivity index (χ2n) is 7.63. The molecular formula is C22H29N3O4. The van der Waals surface area contributed by atoms with E-state index in [4.69, 9.17) is 5.21 Å². The number of amides is 3. The molecule has 0 aliphatic carbocycles. The van der Waals surface area contributed by atoms with Crippen molar-refractivity contribution >= 4 is 28.5 Å². The Morgan fingerprint density at radius 3 is 2.31 bits per heavy atom. The van der Waals surface area contributed by atoms with Gasteiger partial charge < -0.3 is 10.6 Å². The molecule has 7 heteroatoms. The minimum Gasteiger partial charge on any atom is -0.357 e. The van der Waals surface area contributed by atoms with Gasteiger partial charge in [-0.2, -0.15) is 0 Å². The van der Waals surface area contributed by atoms with Crippen LogP contribution in [0.1, 0.15) is 32.3 Å². The van der Waals surface area contributed by atoms with E-state index in [1.165, 1.54) is 7.05 Å². The number of likely N-dealkylation sites (N-methyl/N-ethyl adjacent to an activating group) is 1. The van der Waals surface area contributed by atoms with E-state index in [0.29, 0.717) is 12.8 Å². The molecule has 0 spiro atoms. The molecule has 0 heterocycles. The first-order valence-corrected chi connectivity index (χ1v) is 9.76. The molecule has 2 atom stereocenters. The molecule has 0 saturated heterocycles. The molecule has 156 valence electrons. The zero-order valence-corrected chi connectivity index (χ0v) is 17.1. The average Bonchev–Trinajstić information content (AvgIpc) is 2.71. The van der Waals surface area contributed by atoms with Crippen LogP contribution in [0.2, 0.25) is 0 Å². The van der Waals surface area contributed by atoms with E-state index in [0.717, 1.165) is 16.3 Å².